The Balaban J connectivity index is 0.000000186. The average Bonchev–Trinajstić information content (AvgIpc) is 1.79. The molecule has 4 aromatic heterocycles. The summed E-state index contributed by atoms with van der Waals surface area (Å²) >= 11 is 5.82. The summed E-state index contributed by atoms with van der Waals surface area (Å²) in [5.41, 5.74) is 3.30. The molecule has 0 amide bonds. The van der Waals surface area contributed by atoms with Gasteiger partial charge in [-0.15, -0.1) is 0 Å². The Labute approximate surface area is 526 Å². The topological polar surface area (TPSA) is 236 Å². The Hall–Kier alpha value is -4.30. The molecule has 8 heterocycles. The maximum Gasteiger partial charge on any atom is 0.328 e. The molecular formula is C62H95N11O12P2S. The van der Waals surface area contributed by atoms with E-state index in [9.17, 15) is 5.11 Å². The van der Waals surface area contributed by atoms with E-state index in [2.05, 4.69) is 127 Å². The molecule has 0 radical (unpaired) electrons. The van der Waals surface area contributed by atoms with E-state index in [0.29, 0.717) is 59.1 Å². The van der Waals surface area contributed by atoms with Gasteiger partial charge in [-0.2, -0.15) is 0 Å². The third kappa shape index (κ3) is 18.5. The number of imidazole rings is 2. The molecule has 0 saturated carbocycles. The van der Waals surface area contributed by atoms with Crippen LogP contribution in [-0.4, -0.2) is 145 Å². The summed E-state index contributed by atoms with van der Waals surface area (Å²) in [5.74, 6) is -0.267. The first-order valence-electron chi connectivity index (χ1n) is 30.2. The number of ether oxygens (including phenoxy) is 6. The highest BCUT2D eigenvalue weighted by molar-refractivity contribution is 8.07. The minimum atomic E-state index is -3.13. The van der Waals surface area contributed by atoms with Gasteiger partial charge in [0.2, 0.25) is 0 Å². The van der Waals surface area contributed by atoms with E-state index in [1.165, 1.54) is 12.7 Å². The molecule has 0 spiro atoms. The number of anilines is 2. The summed E-state index contributed by atoms with van der Waals surface area (Å²) in [7, 11) is -1.05. The van der Waals surface area contributed by atoms with Crippen LogP contribution in [0.4, 0.5) is 11.6 Å². The van der Waals surface area contributed by atoms with E-state index in [1.807, 2.05) is 127 Å². The zero-order valence-electron chi connectivity index (χ0n) is 55.0. The van der Waals surface area contributed by atoms with E-state index in [-0.39, 0.29) is 36.6 Å². The van der Waals surface area contributed by atoms with Crippen LogP contribution < -0.4 is 10.6 Å². The number of nitrogens with one attached hydrogen (secondary N) is 2. The van der Waals surface area contributed by atoms with E-state index in [1.54, 1.807) is 12.7 Å². The molecule has 0 bridgehead atoms. The molecular weight excluding hydrogens is 1180 g/mol. The molecule has 4 aliphatic rings. The van der Waals surface area contributed by atoms with Gasteiger partial charge in [-0.25, -0.2) is 34.6 Å². The molecule has 88 heavy (non-hydrogen) atoms. The van der Waals surface area contributed by atoms with Crippen LogP contribution in [0.15, 0.2) is 86.0 Å². The van der Waals surface area contributed by atoms with Crippen molar-refractivity contribution in [2.45, 2.75) is 247 Å². The Morgan fingerprint density at radius 2 is 0.966 bits per heavy atom. The minimum absolute atomic E-state index is 0.103. The lowest BCUT2D eigenvalue weighted by molar-refractivity contribution is -0.199. The number of hydrogen-bond donors (Lipinski definition) is 3. The third-order valence-corrected chi connectivity index (χ3v) is 18.9. The van der Waals surface area contributed by atoms with E-state index in [0.717, 1.165) is 11.1 Å². The van der Waals surface area contributed by atoms with Gasteiger partial charge < -0.3 is 66.8 Å². The average molecular weight is 1280 g/mol. The molecule has 4 saturated heterocycles. The number of fused-ring (bicyclic) bond motifs is 4. The molecule has 8 atom stereocenters. The molecule has 486 valence electrons. The highest BCUT2D eigenvalue weighted by Gasteiger charge is 2.58. The highest BCUT2D eigenvalue weighted by Crippen LogP contribution is 2.57. The number of nitrogens with zero attached hydrogens (tertiary/aromatic N) is 9. The fourth-order valence-electron chi connectivity index (χ4n) is 10.4. The molecule has 2 unspecified atom stereocenters. The number of hydrogen-bond acceptors (Lipinski definition) is 22. The van der Waals surface area contributed by atoms with Gasteiger partial charge in [-0.1, -0.05) is 60.7 Å². The zero-order valence-corrected chi connectivity index (χ0v) is 57.6. The smallest absolute Gasteiger partial charge is 0.328 e. The Bertz CT molecular complexity index is 3220. The fourth-order valence-corrected chi connectivity index (χ4v) is 15.7. The summed E-state index contributed by atoms with van der Waals surface area (Å²) in [5, 5.41) is 16.4. The van der Waals surface area contributed by atoms with Gasteiger partial charge in [-0.3, -0.25) is 9.13 Å². The van der Waals surface area contributed by atoms with Crippen molar-refractivity contribution in [1.82, 2.24) is 43.7 Å². The molecule has 10 rings (SSSR count). The monoisotopic (exact) mass is 1280 g/mol. The first kappa shape index (κ1) is 69.6. The second kappa shape index (κ2) is 27.9. The van der Waals surface area contributed by atoms with Crippen molar-refractivity contribution in [1.29, 1.82) is 0 Å². The fraction of sp³-hybridized carbons (Fsp3) is 0.645. The highest BCUT2D eigenvalue weighted by atomic mass is 32.5. The number of benzene rings is 2. The van der Waals surface area contributed by atoms with Gasteiger partial charge >= 0.3 is 6.72 Å². The third-order valence-electron chi connectivity index (χ3n) is 13.4. The minimum Gasteiger partial charge on any atom is -0.394 e. The van der Waals surface area contributed by atoms with Crippen LogP contribution in [0.5, 0.6) is 0 Å². The van der Waals surface area contributed by atoms with Crippen molar-refractivity contribution in [3.05, 3.63) is 97.1 Å². The maximum absolute atomic E-state index is 9.71. The van der Waals surface area contributed by atoms with Crippen LogP contribution >= 0.6 is 15.2 Å². The molecule has 4 aliphatic heterocycles. The van der Waals surface area contributed by atoms with Gasteiger partial charge in [-0.05, 0) is 161 Å². The van der Waals surface area contributed by atoms with Gasteiger partial charge in [0.1, 0.15) is 49.3 Å². The molecule has 26 heteroatoms. The summed E-state index contributed by atoms with van der Waals surface area (Å²) in [6.07, 6.45) is 2.77. The van der Waals surface area contributed by atoms with Crippen molar-refractivity contribution in [3.63, 3.8) is 0 Å². The Kier molecular flexibility index (Phi) is 22.0. The lowest BCUT2D eigenvalue weighted by atomic mass is 10.1. The maximum atomic E-state index is 9.71. The van der Waals surface area contributed by atoms with Crippen LogP contribution in [0.2, 0.25) is 0 Å². The predicted molar refractivity (Wildman–Crippen MR) is 343 cm³/mol. The summed E-state index contributed by atoms with van der Waals surface area (Å²) in [4.78, 5) is 26.9. The van der Waals surface area contributed by atoms with Gasteiger partial charge in [0.15, 0.2) is 58.0 Å². The summed E-state index contributed by atoms with van der Waals surface area (Å²) in [6.45, 7) is 38.3. The first-order valence-corrected chi connectivity index (χ1v) is 33.9. The van der Waals surface area contributed by atoms with Crippen molar-refractivity contribution in [3.8, 4) is 0 Å². The van der Waals surface area contributed by atoms with E-state index < -0.39 is 74.9 Å². The largest absolute Gasteiger partial charge is 0.394 e. The number of aliphatic hydroxyl groups is 1. The molecule has 3 N–H and O–H groups in total. The van der Waals surface area contributed by atoms with Gasteiger partial charge in [0.05, 0.1) is 48.3 Å². The van der Waals surface area contributed by atoms with Gasteiger partial charge in [0, 0.05) is 25.2 Å². The second-order valence-electron chi connectivity index (χ2n) is 27.6. The lowest BCUT2D eigenvalue weighted by Crippen LogP contribution is -2.37. The van der Waals surface area contributed by atoms with Crippen LogP contribution in [0.25, 0.3) is 22.3 Å². The SMILES string of the molecule is CC(C)(C)OP(=S)(OC[C@H]1O[C@@H](n2cnc3c(NCc4ccccc4)ncnc32)C2OC(C)(C)O[C@H]21)OC(C)(C)C.CC(C)N(C(C)C)P(OC(C)(C)C)OC(C)(C)C.CC1(C)OC2[C@@H](O1)[C@@H](CO)O[C@H]2n1cnc2c(NCc3ccccc3)ncnc21. The van der Waals surface area contributed by atoms with E-state index in [4.69, 9.17) is 62.8 Å². The Morgan fingerprint density at radius 3 is 1.34 bits per heavy atom. The van der Waals surface area contributed by atoms with Gasteiger partial charge in [0.25, 0.3) is 8.53 Å². The molecule has 23 nitrogen and oxygen atoms in total. The summed E-state index contributed by atoms with van der Waals surface area (Å²) < 4.78 is 74.1. The first-order chi connectivity index (χ1) is 41.0. The molecule has 6 aromatic rings. The quantitative estimate of drug-likeness (QED) is 0.0639. The normalized spacial score (nSPS) is 23.6. The van der Waals surface area contributed by atoms with Crippen LogP contribution in [0.3, 0.4) is 0 Å². The standard InChI is InChI=1S/C28H40N5O6PS.C20H23N5O4.C14H32NO2P/c1-26(2,3)38-40(41,39-27(4,5)6)34-15-19-21-22(37-28(7,8)36-21)25(35-19)33-17-32-20-23(30-16-31-24(20)33)29-14-18-12-10-9-11-13-18;1-20(2)28-15-13(9-26)27-19(16(15)29-20)25-11-24-14-17(22-10-23-18(14)25)21-8-12-6-4-3-5-7-12;1-11(2)15(12(3)4)18(16-13(5,6)7)17-14(8,9)10/h9-13,16-17,19,21-22,25H,14-15H2,1-8H3,(H,29,30,31);3-7,10-11,13,15-16,19,26H,8-9H2,1-2H3,(H,21,22,23);11-12H,1-10H3/t19-,21+,22?,25-;13-,15+,16?,19-;/m11./s1. The predicted octanol–water partition coefficient (Wildman–Crippen LogP) is 12.5. The van der Waals surface area contributed by atoms with Crippen LogP contribution in [-0.2, 0) is 75.9 Å². The number of aliphatic hydroxyl groups excluding tert-OH is 1. The Morgan fingerprint density at radius 1 is 0.580 bits per heavy atom. The van der Waals surface area contributed by atoms with Crippen molar-refractivity contribution in [2.75, 3.05) is 23.8 Å². The van der Waals surface area contributed by atoms with Crippen LogP contribution in [0, 0.1) is 0 Å². The van der Waals surface area contributed by atoms with Crippen LogP contribution in [0.1, 0.15) is 162 Å². The van der Waals surface area contributed by atoms with Crippen molar-refractivity contribution < 1.29 is 56.1 Å². The van der Waals surface area contributed by atoms with Crippen molar-refractivity contribution in [2.24, 2.45) is 0 Å². The number of rotatable bonds is 19. The van der Waals surface area contributed by atoms with E-state index >= 15 is 0 Å². The zero-order chi connectivity index (χ0) is 64.4. The second-order valence-corrected chi connectivity index (χ2v) is 31.7. The molecule has 4 fully saturated rings. The molecule has 2 aromatic carbocycles. The lowest BCUT2D eigenvalue weighted by Gasteiger charge is -2.41. The number of aromatic nitrogens is 8. The molecule has 0 aliphatic carbocycles. The summed E-state index contributed by atoms with van der Waals surface area (Å²) in [6, 6.07) is 21.0. The van der Waals surface area contributed by atoms with Crippen molar-refractivity contribution >= 4 is 61.0 Å².